The van der Waals surface area contributed by atoms with E-state index in [0.29, 0.717) is 0 Å². The Morgan fingerprint density at radius 3 is 2.10 bits per heavy atom. The summed E-state index contributed by atoms with van der Waals surface area (Å²) >= 11 is 0.943. The van der Waals surface area contributed by atoms with Crippen LogP contribution in [0.1, 0.15) is 26.7 Å². The van der Waals surface area contributed by atoms with E-state index in [1.54, 1.807) is 0 Å². The van der Waals surface area contributed by atoms with Crippen molar-refractivity contribution in [1.29, 1.82) is 0 Å². The molecule has 0 aromatic rings. The maximum atomic E-state index is 9.90. The molecule has 0 unspecified atom stereocenters. The molecule has 0 fully saturated rings. The zero-order valence-corrected chi connectivity index (χ0v) is 7.15. The Hall–Kier alpha value is -0.0900. The topological polar surface area (TPSA) is 49.7 Å². The van der Waals surface area contributed by atoms with Crippen LogP contribution in [0.5, 0.6) is 0 Å². The van der Waals surface area contributed by atoms with Crippen molar-refractivity contribution in [2.24, 2.45) is 4.58 Å². The van der Waals surface area contributed by atoms with Crippen molar-refractivity contribution in [1.82, 2.24) is 0 Å². The highest BCUT2D eigenvalue weighted by molar-refractivity contribution is 7.99. The number of hydrogen-bond donors (Lipinski definition) is 1. The molecule has 60 valence electrons. The highest BCUT2D eigenvalue weighted by atomic mass is 32.2. The molecule has 0 aromatic carbocycles. The normalized spacial score (nSPS) is 11.5. The fourth-order valence-corrected chi connectivity index (χ4v) is 1.18. The van der Waals surface area contributed by atoms with Crippen molar-refractivity contribution < 1.29 is 5.11 Å². The van der Waals surface area contributed by atoms with E-state index < -0.39 is 0 Å². The van der Waals surface area contributed by atoms with Crippen LogP contribution < -0.4 is 0 Å². The zero-order valence-electron chi connectivity index (χ0n) is 6.33. The smallest absolute Gasteiger partial charge is 0.0637 e. The van der Waals surface area contributed by atoms with Gasteiger partial charge in [0.05, 0.1) is 11.4 Å². The summed E-state index contributed by atoms with van der Waals surface area (Å²) in [6.45, 7) is 3.91. The molecule has 1 N–H and O–H groups in total. The Labute approximate surface area is 65.3 Å². The fourth-order valence-electron chi connectivity index (χ4n) is 0.711. The van der Waals surface area contributed by atoms with Crippen LogP contribution in [0.2, 0.25) is 0 Å². The second-order valence-electron chi connectivity index (χ2n) is 2.21. The molecule has 0 saturated heterocycles. The van der Waals surface area contributed by atoms with Crippen molar-refractivity contribution in [2.75, 3.05) is 6.61 Å². The molecule has 0 aliphatic rings. The minimum atomic E-state index is -0.332. The summed E-state index contributed by atoms with van der Waals surface area (Å²) in [5.41, 5.74) is 0. The number of aliphatic hydroxyl groups excluding tert-OH is 1. The molecule has 0 saturated carbocycles. The van der Waals surface area contributed by atoms with Crippen LogP contribution in [-0.2, 0) is 0 Å². The first-order valence-corrected chi connectivity index (χ1v) is 4.13. The Balaban J connectivity index is 4.00. The maximum absolute atomic E-state index is 9.90. The van der Waals surface area contributed by atoms with Crippen LogP contribution in [-0.4, -0.2) is 16.5 Å². The number of aliphatic hydroxyl groups is 1. The van der Waals surface area contributed by atoms with E-state index in [9.17, 15) is 4.91 Å². The summed E-state index contributed by atoms with van der Waals surface area (Å²) in [5.74, 6) is 0. The maximum Gasteiger partial charge on any atom is 0.0637 e. The van der Waals surface area contributed by atoms with Crippen LogP contribution in [0.3, 0.4) is 0 Å². The molecule has 0 amide bonds. The Kier molecular flexibility index (Phi) is 4.64. The van der Waals surface area contributed by atoms with Gasteiger partial charge in [-0.25, -0.2) is 0 Å². The van der Waals surface area contributed by atoms with Gasteiger partial charge in [0.2, 0.25) is 0 Å². The van der Waals surface area contributed by atoms with Gasteiger partial charge in [-0.15, -0.1) is 4.91 Å². The van der Waals surface area contributed by atoms with E-state index in [1.165, 1.54) is 0 Å². The van der Waals surface area contributed by atoms with E-state index in [1.807, 2.05) is 13.8 Å². The second-order valence-corrected chi connectivity index (χ2v) is 3.41. The average Bonchev–Trinajstić information content (AvgIpc) is 2.01. The largest absolute Gasteiger partial charge is 0.395 e. The van der Waals surface area contributed by atoms with Crippen molar-refractivity contribution >= 4 is 11.9 Å². The predicted octanol–water partition coefficient (Wildman–Crippen LogP) is 1.95. The van der Waals surface area contributed by atoms with E-state index in [2.05, 4.69) is 4.58 Å². The molecule has 0 aliphatic heterocycles. The van der Waals surface area contributed by atoms with Gasteiger partial charge < -0.3 is 5.11 Å². The molecule has 0 radical (unpaired) electrons. The quantitative estimate of drug-likeness (QED) is 0.498. The predicted molar refractivity (Wildman–Crippen MR) is 43.8 cm³/mol. The third-order valence-electron chi connectivity index (χ3n) is 1.81. The Bertz CT molecular complexity index is 95.7. The number of nitrogens with zero attached hydrogens (tertiary/aromatic N) is 1. The van der Waals surface area contributed by atoms with Gasteiger partial charge in [-0.1, -0.05) is 13.8 Å². The summed E-state index contributed by atoms with van der Waals surface area (Å²) < 4.78 is 2.40. The molecule has 0 spiro atoms. The third kappa shape index (κ3) is 2.27. The van der Waals surface area contributed by atoms with Gasteiger partial charge in [0, 0.05) is 16.5 Å². The first-order valence-electron chi connectivity index (χ1n) is 3.36. The van der Waals surface area contributed by atoms with E-state index in [-0.39, 0.29) is 11.4 Å². The lowest BCUT2D eigenvalue weighted by Crippen LogP contribution is -2.26. The minimum absolute atomic E-state index is 0.0242. The van der Waals surface area contributed by atoms with Gasteiger partial charge in [0.1, 0.15) is 0 Å². The molecule has 4 heteroatoms. The van der Waals surface area contributed by atoms with Crippen LogP contribution in [0, 0.1) is 4.91 Å². The van der Waals surface area contributed by atoms with E-state index in [0.717, 1.165) is 24.8 Å². The molecule has 3 nitrogen and oxygen atoms in total. The molecule has 0 atom stereocenters. The van der Waals surface area contributed by atoms with Crippen molar-refractivity contribution in [3.63, 3.8) is 0 Å². The van der Waals surface area contributed by atoms with Gasteiger partial charge in [-0.3, -0.25) is 0 Å². The van der Waals surface area contributed by atoms with Gasteiger partial charge in [-0.2, -0.15) is 0 Å². The van der Waals surface area contributed by atoms with Gasteiger partial charge >= 0.3 is 0 Å². The van der Waals surface area contributed by atoms with Crippen molar-refractivity contribution in [3.8, 4) is 0 Å². The lowest BCUT2D eigenvalue weighted by Gasteiger charge is -2.23. The molecule has 0 bridgehead atoms. The Morgan fingerprint density at radius 2 is 2.00 bits per heavy atom. The summed E-state index contributed by atoms with van der Waals surface area (Å²) in [6, 6.07) is 0. The van der Waals surface area contributed by atoms with Crippen LogP contribution in [0.4, 0.5) is 0 Å². The monoisotopic (exact) mass is 163 g/mol. The van der Waals surface area contributed by atoms with Gasteiger partial charge in [0.25, 0.3) is 0 Å². The van der Waals surface area contributed by atoms with Crippen LogP contribution >= 0.6 is 11.9 Å². The van der Waals surface area contributed by atoms with Gasteiger partial charge in [-0.05, 0) is 12.8 Å². The standard InChI is InChI=1S/C6H13NO2S/c1-3-6(4-2,5-8)10-7-9/h8H,3-5H2,1-2H3. The highest BCUT2D eigenvalue weighted by Gasteiger charge is 2.26. The number of nitroso groups, excluding NO2 is 1. The number of hydrogen-bond acceptors (Lipinski definition) is 4. The lowest BCUT2D eigenvalue weighted by atomic mass is 10.0. The SMILES string of the molecule is CCC(CC)(CO)SN=O. The fraction of sp³-hybridized carbons (Fsp3) is 1.00. The number of rotatable bonds is 5. The van der Waals surface area contributed by atoms with E-state index in [4.69, 9.17) is 5.11 Å². The molecular formula is C6H13NO2S. The molecule has 0 heterocycles. The van der Waals surface area contributed by atoms with Crippen molar-refractivity contribution in [3.05, 3.63) is 4.91 Å². The first kappa shape index (κ1) is 9.91. The summed E-state index contributed by atoms with van der Waals surface area (Å²) in [4.78, 5) is 9.90. The third-order valence-corrected chi connectivity index (χ3v) is 2.98. The molecular weight excluding hydrogens is 150 g/mol. The second kappa shape index (κ2) is 4.68. The average molecular weight is 163 g/mol. The molecule has 0 rings (SSSR count). The van der Waals surface area contributed by atoms with Crippen LogP contribution in [0.25, 0.3) is 0 Å². The van der Waals surface area contributed by atoms with E-state index >= 15 is 0 Å². The summed E-state index contributed by atoms with van der Waals surface area (Å²) in [5, 5.41) is 8.89. The molecule has 0 aromatic heterocycles. The highest BCUT2D eigenvalue weighted by Crippen LogP contribution is 2.32. The zero-order chi connectivity index (χ0) is 8.04. The van der Waals surface area contributed by atoms with Crippen molar-refractivity contribution in [2.45, 2.75) is 31.4 Å². The minimum Gasteiger partial charge on any atom is -0.395 e. The van der Waals surface area contributed by atoms with Crippen LogP contribution in [0.15, 0.2) is 4.58 Å². The summed E-state index contributed by atoms with van der Waals surface area (Å²) in [7, 11) is 0. The lowest BCUT2D eigenvalue weighted by molar-refractivity contribution is 0.240. The molecule has 0 aliphatic carbocycles. The first-order chi connectivity index (χ1) is 4.74. The molecule has 10 heavy (non-hydrogen) atoms. The Morgan fingerprint density at radius 1 is 1.50 bits per heavy atom. The van der Waals surface area contributed by atoms with Gasteiger partial charge in [0.15, 0.2) is 0 Å². The summed E-state index contributed by atoms with van der Waals surface area (Å²) in [6.07, 6.45) is 1.55.